The van der Waals surface area contributed by atoms with Crippen molar-refractivity contribution in [1.29, 1.82) is 0 Å². The van der Waals surface area contributed by atoms with Gasteiger partial charge in [-0.3, -0.25) is 4.98 Å². The minimum absolute atomic E-state index is 0.808. The fraction of sp³-hybridized carbons (Fsp3) is 0.316. The molecule has 0 amide bonds. The van der Waals surface area contributed by atoms with Gasteiger partial charge in [-0.1, -0.05) is 31.0 Å². The number of aromatic nitrogens is 3. The maximum atomic E-state index is 4.49. The second-order valence-corrected chi connectivity index (χ2v) is 6.17. The van der Waals surface area contributed by atoms with Gasteiger partial charge >= 0.3 is 0 Å². The summed E-state index contributed by atoms with van der Waals surface area (Å²) < 4.78 is 0. The third-order valence-electron chi connectivity index (χ3n) is 4.48. The number of nitrogens with zero attached hydrogens (tertiary/aromatic N) is 4. The first kappa shape index (κ1) is 14.9. The molecule has 0 unspecified atom stereocenters. The smallest absolute Gasteiger partial charge is 0.135 e. The highest BCUT2D eigenvalue weighted by molar-refractivity contribution is 5.91. The number of nitrogens with one attached hydrogen (secondary N) is 1. The second-order valence-electron chi connectivity index (χ2n) is 6.17. The van der Waals surface area contributed by atoms with Crippen molar-refractivity contribution in [2.75, 3.05) is 23.3 Å². The van der Waals surface area contributed by atoms with Crippen LogP contribution in [0, 0.1) is 0 Å². The van der Waals surface area contributed by atoms with E-state index in [9.17, 15) is 0 Å². The van der Waals surface area contributed by atoms with Gasteiger partial charge in [-0.25, -0.2) is 9.97 Å². The lowest BCUT2D eigenvalue weighted by Gasteiger charge is -2.21. The van der Waals surface area contributed by atoms with Gasteiger partial charge in [0.25, 0.3) is 0 Å². The van der Waals surface area contributed by atoms with Gasteiger partial charge in [0.1, 0.15) is 18.0 Å². The van der Waals surface area contributed by atoms with Gasteiger partial charge in [0.05, 0.1) is 11.2 Å². The van der Waals surface area contributed by atoms with E-state index in [1.807, 2.05) is 30.5 Å². The zero-order chi connectivity index (χ0) is 16.2. The molecule has 3 heterocycles. The quantitative estimate of drug-likeness (QED) is 0.786. The molecule has 0 aliphatic carbocycles. The molecule has 1 fully saturated rings. The highest BCUT2D eigenvalue weighted by atomic mass is 15.2. The molecule has 1 N–H and O–H groups in total. The van der Waals surface area contributed by atoms with E-state index in [-0.39, 0.29) is 0 Å². The summed E-state index contributed by atoms with van der Waals surface area (Å²) in [5.74, 6) is 1.81. The Morgan fingerprint density at radius 2 is 1.71 bits per heavy atom. The fourth-order valence-corrected chi connectivity index (χ4v) is 3.23. The van der Waals surface area contributed by atoms with Crippen LogP contribution in [0.15, 0.2) is 48.9 Å². The van der Waals surface area contributed by atoms with Crippen LogP contribution in [0.1, 0.15) is 25.7 Å². The van der Waals surface area contributed by atoms with E-state index < -0.39 is 0 Å². The molecule has 0 radical (unpaired) electrons. The predicted molar refractivity (Wildman–Crippen MR) is 97.7 cm³/mol. The summed E-state index contributed by atoms with van der Waals surface area (Å²) in [6.07, 6.45) is 8.56. The Labute approximate surface area is 141 Å². The Balaban J connectivity index is 1.61. The molecule has 1 aliphatic heterocycles. The molecule has 5 heteroatoms. The van der Waals surface area contributed by atoms with Gasteiger partial charge < -0.3 is 10.2 Å². The van der Waals surface area contributed by atoms with Crippen LogP contribution in [0.3, 0.4) is 0 Å². The molecular weight excluding hydrogens is 298 g/mol. The van der Waals surface area contributed by atoms with Crippen molar-refractivity contribution in [2.24, 2.45) is 0 Å². The van der Waals surface area contributed by atoms with Gasteiger partial charge in [-0.2, -0.15) is 0 Å². The van der Waals surface area contributed by atoms with Crippen molar-refractivity contribution in [2.45, 2.75) is 25.7 Å². The molecule has 0 spiro atoms. The third kappa shape index (κ3) is 3.15. The lowest BCUT2D eigenvalue weighted by molar-refractivity contribution is 0.726. The van der Waals surface area contributed by atoms with Crippen molar-refractivity contribution in [3.05, 3.63) is 48.9 Å². The van der Waals surface area contributed by atoms with Crippen LogP contribution < -0.4 is 10.2 Å². The SMILES string of the molecule is c1cnc2c(Nc3cc(N4CCCCCC4)ncn3)cccc2c1. The molecule has 3 aromatic rings. The van der Waals surface area contributed by atoms with Gasteiger partial charge in [-0.05, 0) is 25.0 Å². The van der Waals surface area contributed by atoms with E-state index in [0.29, 0.717) is 0 Å². The first-order valence-corrected chi connectivity index (χ1v) is 8.58. The van der Waals surface area contributed by atoms with Crippen LogP contribution in [0.25, 0.3) is 10.9 Å². The Morgan fingerprint density at radius 3 is 2.58 bits per heavy atom. The zero-order valence-electron chi connectivity index (χ0n) is 13.7. The number of hydrogen-bond acceptors (Lipinski definition) is 5. The molecule has 5 nitrogen and oxygen atoms in total. The minimum Gasteiger partial charge on any atom is -0.356 e. The average molecular weight is 319 g/mol. The molecule has 24 heavy (non-hydrogen) atoms. The first-order valence-electron chi connectivity index (χ1n) is 8.58. The highest BCUT2D eigenvalue weighted by Gasteiger charge is 2.12. The lowest BCUT2D eigenvalue weighted by Crippen LogP contribution is -2.25. The van der Waals surface area contributed by atoms with Crippen molar-refractivity contribution >= 4 is 28.2 Å². The predicted octanol–water partition coefficient (Wildman–Crippen LogP) is 4.15. The molecule has 0 saturated carbocycles. The standard InChI is InChI=1S/C19H21N5/c1-2-4-12-24(11-3-1)18-13-17(21-14-22-18)23-16-9-5-7-15-8-6-10-20-19(15)16/h5-10,13-14H,1-4,11-12H2,(H,21,22,23). The van der Waals surface area contributed by atoms with Crippen molar-refractivity contribution in [1.82, 2.24) is 15.0 Å². The van der Waals surface area contributed by atoms with E-state index >= 15 is 0 Å². The number of para-hydroxylation sites is 1. The van der Waals surface area contributed by atoms with Crippen LogP contribution in [-0.2, 0) is 0 Å². The van der Waals surface area contributed by atoms with Gasteiger partial charge in [0.15, 0.2) is 0 Å². The monoisotopic (exact) mass is 319 g/mol. The maximum Gasteiger partial charge on any atom is 0.135 e. The fourth-order valence-electron chi connectivity index (χ4n) is 3.23. The third-order valence-corrected chi connectivity index (χ3v) is 4.48. The summed E-state index contributed by atoms with van der Waals surface area (Å²) in [4.78, 5) is 15.7. The van der Waals surface area contributed by atoms with E-state index in [0.717, 1.165) is 41.3 Å². The second kappa shape index (κ2) is 6.83. The molecule has 1 aromatic carbocycles. The van der Waals surface area contributed by atoms with Crippen LogP contribution in [-0.4, -0.2) is 28.0 Å². The zero-order valence-corrected chi connectivity index (χ0v) is 13.7. The largest absolute Gasteiger partial charge is 0.356 e. The number of benzene rings is 1. The number of rotatable bonds is 3. The van der Waals surface area contributed by atoms with Crippen molar-refractivity contribution in [3.8, 4) is 0 Å². The molecule has 4 rings (SSSR count). The topological polar surface area (TPSA) is 53.9 Å². The molecule has 2 aromatic heterocycles. The van der Waals surface area contributed by atoms with E-state index in [2.05, 4.69) is 37.3 Å². The number of hydrogen-bond donors (Lipinski definition) is 1. The highest BCUT2D eigenvalue weighted by Crippen LogP contribution is 2.25. The number of anilines is 3. The Bertz CT molecular complexity index is 819. The summed E-state index contributed by atoms with van der Waals surface area (Å²) in [6.45, 7) is 2.15. The molecule has 0 bridgehead atoms. The molecule has 0 atom stereocenters. The first-order chi connectivity index (χ1) is 11.9. The van der Waals surface area contributed by atoms with Crippen LogP contribution in [0.4, 0.5) is 17.3 Å². The summed E-state index contributed by atoms with van der Waals surface area (Å²) in [5, 5.41) is 4.52. The van der Waals surface area contributed by atoms with E-state index in [4.69, 9.17) is 0 Å². The maximum absolute atomic E-state index is 4.49. The Kier molecular flexibility index (Phi) is 4.23. The lowest BCUT2D eigenvalue weighted by atomic mass is 10.2. The Morgan fingerprint density at radius 1 is 0.875 bits per heavy atom. The molecule has 1 saturated heterocycles. The summed E-state index contributed by atoms with van der Waals surface area (Å²) in [5.41, 5.74) is 1.92. The molecule has 1 aliphatic rings. The van der Waals surface area contributed by atoms with Crippen LogP contribution in [0.5, 0.6) is 0 Å². The van der Waals surface area contributed by atoms with Crippen molar-refractivity contribution < 1.29 is 0 Å². The van der Waals surface area contributed by atoms with Crippen LogP contribution >= 0.6 is 0 Å². The average Bonchev–Trinajstić information content (AvgIpc) is 2.92. The number of pyridine rings is 1. The summed E-state index contributed by atoms with van der Waals surface area (Å²) in [7, 11) is 0. The molecule has 122 valence electrons. The minimum atomic E-state index is 0.808. The van der Waals surface area contributed by atoms with E-state index in [1.54, 1.807) is 6.33 Å². The Hall–Kier alpha value is -2.69. The summed E-state index contributed by atoms with van der Waals surface area (Å²) >= 11 is 0. The van der Waals surface area contributed by atoms with Crippen LogP contribution in [0.2, 0.25) is 0 Å². The van der Waals surface area contributed by atoms with Gasteiger partial charge in [0.2, 0.25) is 0 Å². The van der Waals surface area contributed by atoms with E-state index in [1.165, 1.54) is 25.7 Å². The number of fused-ring (bicyclic) bond motifs is 1. The van der Waals surface area contributed by atoms with Gasteiger partial charge in [0, 0.05) is 30.7 Å². The normalized spacial score (nSPS) is 15.2. The van der Waals surface area contributed by atoms with Crippen molar-refractivity contribution in [3.63, 3.8) is 0 Å². The van der Waals surface area contributed by atoms with Gasteiger partial charge in [-0.15, -0.1) is 0 Å². The molecular formula is C19H21N5. The summed E-state index contributed by atoms with van der Waals surface area (Å²) in [6, 6.07) is 12.2.